The first-order chi connectivity index (χ1) is 9.62. The van der Waals surface area contributed by atoms with Crippen LogP contribution in [-0.4, -0.2) is 33.0 Å². The normalized spacial score (nSPS) is 10.6. The van der Waals surface area contributed by atoms with Crippen molar-refractivity contribution in [2.75, 3.05) is 23.3 Å². The van der Waals surface area contributed by atoms with Crippen LogP contribution in [0.2, 0.25) is 5.28 Å². The van der Waals surface area contributed by atoms with Gasteiger partial charge in [0.25, 0.3) is 0 Å². The number of rotatable bonds is 6. The Balaban J connectivity index is 2.13. The summed E-state index contributed by atoms with van der Waals surface area (Å²) in [4.78, 5) is 28.1. The maximum Gasteiger partial charge on any atom is 0.304 e. The predicted octanol–water partition coefficient (Wildman–Crippen LogP) is 1.73. The minimum absolute atomic E-state index is 0.0840. The van der Waals surface area contributed by atoms with Gasteiger partial charge in [-0.3, -0.25) is 4.79 Å². The van der Waals surface area contributed by atoms with Crippen LogP contribution < -0.4 is 15.1 Å². The van der Waals surface area contributed by atoms with Crippen LogP contribution in [0.15, 0.2) is 10.2 Å². The summed E-state index contributed by atoms with van der Waals surface area (Å²) in [5, 5.41) is 4.92. The van der Waals surface area contributed by atoms with E-state index in [1.165, 1.54) is 0 Å². The zero-order valence-corrected chi connectivity index (χ0v) is 12.8. The van der Waals surface area contributed by atoms with Gasteiger partial charge in [-0.1, -0.05) is 11.3 Å². The van der Waals surface area contributed by atoms with E-state index in [0.717, 1.165) is 30.1 Å². The molecule has 0 aliphatic heterocycles. The number of nitrogens with one attached hydrogen (secondary N) is 2. The van der Waals surface area contributed by atoms with Gasteiger partial charge in [-0.15, -0.1) is 0 Å². The molecule has 0 aliphatic rings. The van der Waals surface area contributed by atoms with Gasteiger partial charge in [0.15, 0.2) is 0 Å². The average molecular weight is 315 g/mol. The summed E-state index contributed by atoms with van der Waals surface area (Å²) < 4.78 is 0. The van der Waals surface area contributed by atoms with Gasteiger partial charge >= 0.3 is 4.87 Å². The third kappa shape index (κ3) is 3.67. The van der Waals surface area contributed by atoms with Gasteiger partial charge in [0, 0.05) is 24.2 Å². The Morgan fingerprint density at radius 1 is 1.35 bits per heavy atom. The molecule has 0 fully saturated rings. The molecule has 0 saturated heterocycles. The Bertz CT molecular complexity index is 623. The molecule has 2 rings (SSSR count). The second-order valence-electron chi connectivity index (χ2n) is 3.93. The van der Waals surface area contributed by atoms with Gasteiger partial charge < -0.3 is 15.2 Å². The van der Waals surface area contributed by atoms with E-state index < -0.39 is 0 Å². The molecule has 0 unspecified atom stereocenters. The van der Waals surface area contributed by atoms with Crippen molar-refractivity contribution < 1.29 is 0 Å². The number of hydrogen-bond donors (Lipinski definition) is 2. The van der Waals surface area contributed by atoms with Crippen molar-refractivity contribution in [3.63, 3.8) is 0 Å². The van der Waals surface area contributed by atoms with E-state index in [2.05, 4.69) is 25.3 Å². The molecule has 7 nitrogen and oxygen atoms in total. The first kappa shape index (κ1) is 14.7. The van der Waals surface area contributed by atoms with Crippen LogP contribution in [0.4, 0.5) is 11.9 Å². The number of anilines is 2. The molecule has 0 radical (unpaired) electrons. The first-order valence-electron chi connectivity index (χ1n) is 6.19. The summed E-state index contributed by atoms with van der Waals surface area (Å²) in [6, 6.07) is 0. The Hall–Kier alpha value is -1.67. The van der Waals surface area contributed by atoms with Gasteiger partial charge in [0.2, 0.25) is 17.2 Å². The lowest BCUT2D eigenvalue weighted by Crippen LogP contribution is -2.25. The summed E-state index contributed by atoms with van der Waals surface area (Å²) in [6.07, 6.45) is 0. The van der Waals surface area contributed by atoms with Gasteiger partial charge in [-0.2, -0.15) is 15.0 Å². The number of H-pyrrole nitrogens is 1. The standard InChI is InChI=1S/C11H15ClN6OS/c1-3-18(4-2)10-16-8(12)15-9(17-10)13-5-7-6-20-11(19)14-7/h6H,3-5H2,1-2H3,(H,14,19)(H,13,15,16,17). The van der Waals surface area contributed by atoms with Crippen LogP contribution in [0.5, 0.6) is 0 Å². The number of nitrogens with zero attached hydrogens (tertiary/aromatic N) is 4. The number of hydrogen-bond acceptors (Lipinski definition) is 7. The number of aromatic amines is 1. The summed E-state index contributed by atoms with van der Waals surface area (Å²) >= 11 is 7.03. The third-order valence-electron chi connectivity index (χ3n) is 2.65. The first-order valence-corrected chi connectivity index (χ1v) is 7.45. The van der Waals surface area contributed by atoms with E-state index in [9.17, 15) is 4.79 Å². The molecule has 2 aromatic rings. The average Bonchev–Trinajstić information content (AvgIpc) is 2.83. The van der Waals surface area contributed by atoms with E-state index in [4.69, 9.17) is 11.6 Å². The molecule has 2 aromatic heterocycles. The molecule has 9 heteroatoms. The predicted molar refractivity (Wildman–Crippen MR) is 80.7 cm³/mol. The Kier molecular flexibility index (Phi) is 4.91. The number of halogens is 1. The maximum atomic E-state index is 11.0. The van der Waals surface area contributed by atoms with E-state index in [1.807, 2.05) is 18.7 Å². The van der Waals surface area contributed by atoms with Crippen molar-refractivity contribution in [1.29, 1.82) is 0 Å². The largest absolute Gasteiger partial charge is 0.348 e. The molecule has 0 aliphatic carbocycles. The highest BCUT2D eigenvalue weighted by molar-refractivity contribution is 7.07. The lowest BCUT2D eigenvalue weighted by Gasteiger charge is -2.18. The lowest BCUT2D eigenvalue weighted by molar-refractivity contribution is 0.810. The van der Waals surface area contributed by atoms with E-state index in [0.29, 0.717) is 18.4 Å². The SMILES string of the molecule is CCN(CC)c1nc(Cl)nc(NCc2csc(=O)[nH]2)n1. The van der Waals surface area contributed by atoms with E-state index in [1.54, 1.807) is 5.38 Å². The topological polar surface area (TPSA) is 86.8 Å². The van der Waals surface area contributed by atoms with E-state index >= 15 is 0 Å². The van der Waals surface area contributed by atoms with Crippen LogP contribution in [-0.2, 0) is 6.54 Å². The molecule has 20 heavy (non-hydrogen) atoms. The molecule has 0 saturated carbocycles. The zero-order valence-electron chi connectivity index (χ0n) is 11.2. The molecule has 108 valence electrons. The van der Waals surface area contributed by atoms with Crippen molar-refractivity contribution in [2.24, 2.45) is 0 Å². The summed E-state index contributed by atoms with van der Waals surface area (Å²) in [6.45, 7) is 6.04. The number of aromatic nitrogens is 4. The lowest BCUT2D eigenvalue weighted by atomic mass is 10.5. The minimum Gasteiger partial charge on any atom is -0.348 e. The van der Waals surface area contributed by atoms with E-state index in [-0.39, 0.29) is 10.2 Å². The molecule has 2 heterocycles. The maximum absolute atomic E-state index is 11.0. The quantitative estimate of drug-likeness (QED) is 0.844. The summed E-state index contributed by atoms with van der Waals surface area (Å²) in [5.41, 5.74) is 0.779. The van der Waals surface area contributed by atoms with Crippen molar-refractivity contribution >= 4 is 34.8 Å². The van der Waals surface area contributed by atoms with Gasteiger partial charge in [0.1, 0.15) is 0 Å². The van der Waals surface area contributed by atoms with Gasteiger partial charge in [-0.05, 0) is 25.4 Å². The Labute approximate surface area is 125 Å². The van der Waals surface area contributed by atoms with Gasteiger partial charge in [0.05, 0.1) is 6.54 Å². The zero-order chi connectivity index (χ0) is 14.5. The molecular weight excluding hydrogens is 300 g/mol. The summed E-state index contributed by atoms with van der Waals surface area (Å²) in [7, 11) is 0. The molecular formula is C11H15ClN6OS. The molecule has 0 amide bonds. The highest BCUT2D eigenvalue weighted by Crippen LogP contribution is 2.14. The Morgan fingerprint density at radius 3 is 2.70 bits per heavy atom. The van der Waals surface area contributed by atoms with Crippen LogP contribution in [0.3, 0.4) is 0 Å². The van der Waals surface area contributed by atoms with Crippen molar-refractivity contribution in [3.05, 3.63) is 26.0 Å². The molecule has 0 spiro atoms. The minimum atomic E-state index is -0.0840. The monoisotopic (exact) mass is 314 g/mol. The molecule has 0 bridgehead atoms. The van der Waals surface area contributed by atoms with Crippen molar-refractivity contribution in [3.8, 4) is 0 Å². The van der Waals surface area contributed by atoms with Crippen LogP contribution >= 0.6 is 22.9 Å². The van der Waals surface area contributed by atoms with Crippen molar-refractivity contribution in [2.45, 2.75) is 20.4 Å². The summed E-state index contributed by atoms with van der Waals surface area (Å²) in [5.74, 6) is 0.926. The van der Waals surface area contributed by atoms with Crippen LogP contribution in [0, 0.1) is 0 Å². The smallest absolute Gasteiger partial charge is 0.304 e. The fourth-order valence-electron chi connectivity index (χ4n) is 1.64. The van der Waals surface area contributed by atoms with Gasteiger partial charge in [-0.25, -0.2) is 0 Å². The Morgan fingerprint density at radius 2 is 2.10 bits per heavy atom. The fourth-order valence-corrected chi connectivity index (χ4v) is 2.38. The molecule has 0 atom stereocenters. The van der Waals surface area contributed by atoms with Crippen LogP contribution in [0.1, 0.15) is 19.5 Å². The molecule has 0 aromatic carbocycles. The van der Waals surface area contributed by atoms with Crippen molar-refractivity contribution in [1.82, 2.24) is 19.9 Å². The third-order valence-corrected chi connectivity index (χ3v) is 3.54. The second-order valence-corrected chi connectivity index (χ2v) is 5.11. The molecule has 2 N–H and O–H groups in total. The highest BCUT2D eigenvalue weighted by Gasteiger charge is 2.10. The fraction of sp³-hybridized carbons (Fsp3) is 0.455. The highest BCUT2D eigenvalue weighted by atomic mass is 35.5. The number of thiazole rings is 1. The van der Waals surface area contributed by atoms with Crippen LogP contribution in [0.25, 0.3) is 0 Å². The second kappa shape index (κ2) is 6.67.